The molecule has 0 atom stereocenters. The van der Waals surface area contributed by atoms with Crippen LogP contribution in [0.5, 0.6) is 0 Å². The van der Waals surface area contributed by atoms with Crippen LogP contribution in [0.3, 0.4) is 0 Å². The first-order valence-corrected chi connectivity index (χ1v) is 11.3. The Labute approximate surface area is 216 Å². The summed E-state index contributed by atoms with van der Waals surface area (Å²) in [5.41, 5.74) is 5.38. The van der Waals surface area contributed by atoms with Crippen LogP contribution in [-0.4, -0.2) is 47.1 Å². The largest absolute Gasteiger partial charge is 0.490 e. The van der Waals surface area contributed by atoms with Gasteiger partial charge >= 0.3 is 12.1 Å². The molecule has 192 valence electrons. The van der Waals surface area contributed by atoms with Gasteiger partial charge in [0.25, 0.3) is 5.91 Å². The maximum absolute atomic E-state index is 12.7. The number of benzene rings is 3. The maximum Gasteiger partial charge on any atom is 0.490 e. The molecule has 0 fully saturated rings. The SMILES string of the molecule is CN(C)Cc1ccc2cc(NC(=O)c3ccc(-c4ccc(Cl)cc4)cc3)ccc2n1.O=C(O)C(F)(F)F. The van der Waals surface area contributed by atoms with E-state index < -0.39 is 12.1 Å². The third kappa shape index (κ3) is 8.03. The molecule has 6 nitrogen and oxygen atoms in total. The van der Waals surface area contributed by atoms with Crippen molar-refractivity contribution in [2.45, 2.75) is 12.7 Å². The fourth-order valence-corrected chi connectivity index (χ4v) is 3.44. The van der Waals surface area contributed by atoms with Gasteiger partial charge in [0.2, 0.25) is 0 Å². The van der Waals surface area contributed by atoms with Crippen LogP contribution in [0, 0.1) is 0 Å². The predicted octanol–water partition coefficient (Wildman–Crippen LogP) is 6.50. The number of aliphatic carboxylic acids is 1. The van der Waals surface area contributed by atoms with Crippen molar-refractivity contribution in [1.29, 1.82) is 0 Å². The Kier molecular flexibility index (Phi) is 8.86. The molecule has 0 saturated carbocycles. The number of carbonyl (C=O) groups excluding carboxylic acids is 1. The average molecular weight is 530 g/mol. The summed E-state index contributed by atoms with van der Waals surface area (Å²) in [4.78, 5) is 28.3. The van der Waals surface area contributed by atoms with Crippen molar-refractivity contribution < 1.29 is 27.9 Å². The highest BCUT2D eigenvalue weighted by Gasteiger charge is 2.38. The molecule has 1 aromatic heterocycles. The highest BCUT2D eigenvalue weighted by Crippen LogP contribution is 2.23. The van der Waals surface area contributed by atoms with E-state index in [1.54, 1.807) is 0 Å². The zero-order valence-corrected chi connectivity index (χ0v) is 20.6. The number of alkyl halides is 3. The Morgan fingerprint density at radius 1 is 0.919 bits per heavy atom. The monoisotopic (exact) mass is 529 g/mol. The van der Waals surface area contributed by atoms with E-state index in [1.165, 1.54) is 0 Å². The summed E-state index contributed by atoms with van der Waals surface area (Å²) in [6.07, 6.45) is -5.08. The minimum Gasteiger partial charge on any atom is -0.475 e. The number of halogens is 4. The van der Waals surface area contributed by atoms with Crippen molar-refractivity contribution in [3.05, 3.63) is 95.1 Å². The zero-order valence-electron chi connectivity index (χ0n) is 19.9. The molecule has 37 heavy (non-hydrogen) atoms. The number of rotatable bonds is 5. The van der Waals surface area contributed by atoms with Crippen LogP contribution in [0.25, 0.3) is 22.0 Å². The number of anilines is 1. The molecule has 4 aromatic rings. The molecule has 3 aromatic carbocycles. The molecule has 0 saturated heterocycles. The number of carboxylic acid groups (broad SMARTS) is 1. The Morgan fingerprint density at radius 3 is 2.03 bits per heavy atom. The molecule has 0 spiro atoms. The normalized spacial score (nSPS) is 11.1. The molecule has 0 aliphatic carbocycles. The molecule has 0 bridgehead atoms. The molecule has 2 N–H and O–H groups in total. The quantitative estimate of drug-likeness (QED) is 0.308. The first-order chi connectivity index (χ1) is 17.4. The highest BCUT2D eigenvalue weighted by atomic mass is 35.5. The van der Waals surface area contributed by atoms with Crippen LogP contribution in [-0.2, 0) is 11.3 Å². The molecule has 10 heteroatoms. The first-order valence-electron chi connectivity index (χ1n) is 10.9. The van der Waals surface area contributed by atoms with Crippen LogP contribution in [0.1, 0.15) is 16.1 Å². The van der Waals surface area contributed by atoms with E-state index >= 15 is 0 Å². The van der Waals surface area contributed by atoms with E-state index in [4.69, 9.17) is 21.5 Å². The van der Waals surface area contributed by atoms with Crippen molar-refractivity contribution in [2.75, 3.05) is 19.4 Å². The van der Waals surface area contributed by atoms with Gasteiger partial charge in [-0.05, 0) is 73.8 Å². The van der Waals surface area contributed by atoms with E-state index in [9.17, 15) is 18.0 Å². The van der Waals surface area contributed by atoms with Crippen LogP contribution in [0.4, 0.5) is 18.9 Å². The Balaban J connectivity index is 0.000000479. The lowest BCUT2D eigenvalue weighted by molar-refractivity contribution is -0.192. The lowest BCUT2D eigenvalue weighted by atomic mass is 10.0. The summed E-state index contributed by atoms with van der Waals surface area (Å²) in [5.74, 6) is -2.90. The van der Waals surface area contributed by atoms with E-state index in [0.717, 1.165) is 40.0 Å². The third-order valence-electron chi connectivity index (χ3n) is 5.05. The van der Waals surface area contributed by atoms with Gasteiger partial charge in [0.05, 0.1) is 11.2 Å². The zero-order chi connectivity index (χ0) is 27.2. The number of hydrogen-bond donors (Lipinski definition) is 2. The van der Waals surface area contributed by atoms with Gasteiger partial charge in [-0.15, -0.1) is 0 Å². The second-order valence-electron chi connectivity index (χ2n) is 8.29. The molecular formula is C27H23ClF3N3O3. The van der Waals surface area contributed by atoms with E-state index in [1.807, 2.05) is 93.0 Å². The summed E-state index contributed by atoms with van der Waals surface area (Å²) >= 11 is 5.95. The molecule has 0 radical (unpaired) electrons. The summed E-state index contributed by atoms with van der Waals surface area (Å²) in [6.45, 7) is 0.792. The minimum absolute atomic E-state index is 0.144. The number of aromatic nitrogens is 1. The molecular weight excluding hydrogens is 507 g/mol. The van der Waals surface area contributed by atoms with Gasteiger partial charge < -0.3 is 15.3 Å². The van der Waals surface area contributed by atoms with Crippen LogP contribution in [0.2, 0.25) is 5.02 Å². The topological polar surface area (TPSA) is 82.5 Å². The van der Waals surface area contributed by atoms with Gasteiger partial charge in [0, 0.05) is 28.2 Å². The van der Waals surface area contributed by atoms with Crippen LogP contribution < -0.4 is 5.32 Å². The lowest BCUT2D eigenvalue weighted by Gasteiger charge is -2.10. The number of nitrogens with zero attached hydrogens (tertiary/aromatic N) is 2. The van der Waals surface area contributed by atoms with E-state index in [0.29, 0.717) is 10.6 Å². The number of hydrogen-bond acceptors (Lipinski definition) is 4. The maximum atomic E-state index is 12.7. The van der Waals surface area contributed by atoms with Gasteiger partial charge in [-0.2, -0.15) is 13.2 Å². The lowest BCUT2D eigenvalue weighted by Crippen LogP contribution is -2.21. The molecule has 4 rings (SSSR count). The number of carboxylic acids is 1. The van der Waals surface area contributed by atoms with Crippen molar-refractivity contribution in [3.63, 3.8) is 0 Å². The summed E-state index contributed by atoms with van der Waals surface area (Å²) in [5, 5.41) is 11.8. The molecule has 0 aliphatic rings. The van der Waals surface area contributed by atoms with Gasteiger partial charge in [-0.25, -0.2) is 4.79 Å². The molecule has 1 amide bonds. The Morgan fingerprint density at radius 2 is 1.49 bits per heavy atom. The smallest absolute Gasteiger partial charge is 0.475 e. The standard InChI is InChI=1S/C25H22ClN3O.C2HF3O2/c1-29(2)16-23-12-9-20-15-22(13-14-24(20)27-23)28-25(30)19-5-3-17(4-6-19)18-7-10-21(26)11-8-18;3-2(4,5)1(6)7/h3-15H,16H2,1-2H3,(H,28,30);(H,6,7). The average Bonchev–Trinajstić information content (AvgIpc) is 2.84. The highest BCUT2D eigenvalue weighted by molar-refractivity contribution is 6.30. The van der Waals surface area contributed by atoms with Gasteiger partial charge in [0.1, 0.15) is 0 Å². The van der Waals surface area contributed by atoms with Crippen LogP contribution in [0.15, 0.2) is 78.9 Å². The van der Waals surface area contributed by atoms with Gasteiger partial charge in [-0.1, -0.05) is 41.9 Å². The van der Waals surface area contributed by atoms with Crippen molar-refractivity contribution >= 4 is 40.1 Å². The van der Waals surface area contributed by atoms with Crippen molar-refractivity contribution in [3.8, 4) is 11.1 Å². The number of pyridine rings is 1. The van der Waals surface area contributed by atoms with Crippen molar-refractivity contribution in [2.24, 2.45) is 0 Å². The number of amides is 1. The van der Waals surface area contributed by atoms with Crippen LogP contribution >= 0.6 is 11.6 Å². The predicted molar refractivity (Wildman–Crippen MR) is 138 cm³/mol. The van der Waals surface area contributed by atoms with E-state index in [2.05, 4.69) is 15.2 Å². The number of nitrogens with one attached hydrogen (secondary N) is 1. The minimum atomic E-state index is -5.08. The van der Waals surface area contributed by atoms with Gasteiger partial charge in [0.15, 0.2) is 0 Å². The second-order valence-corrected chi connectivity index (χ2v) is 8.73. The second kappa shape index (κ2) is 11.9. The third-order valence-corrected chi connectivity index (χ3v) is 5.30. The Hall–Kier alpha value is -3.95. The molecule has 0 aliphatic heterocycles. The first kappa shape index (κ1) is 27.6. The summed E-state index contributed by atoms with van der Waals surface area (Å²) < 4.78 is 31.7. The van der Waals surface area contributed by atoms with Crippen molar-refractivity contribution in [1.82, 2.24) is 9.88 Å². The summed E-state index contributed by atoms with van der Waals surface area (Å²) in [6, 6.07) is 25.0. The van der Waals surface area contributed by atoms with Gasteiger partial charge in [-0.3, -0.25) is 9.78 Å². The summed E-state index contributed by atoms with van der Waals surface area (Å²) in [7, 11) is 4.04. The number of carbonyl (C=O) groups is 2. The number of fused-ring (bicyclic) bond motifs is 1. The van der Waals surface area contributed by atoms with E-state index in [-0.39, 0.29) is 5.91 Å². The molecule has 1 heterocycles. The molecule has 0 unspecified atom stereocenters. The fraction of sp³-hybridized carbons (Fsp3) is 0.148. The fourth-order valence-electron chi connectivity index (χ4n) is 3.32. The Bertz CT molecular complexity index is 1390.